The highest BCUT2D eigenvalue weighted by Gasteiger charge is 2.30. The molecule has 0 bridgehead atoms. The molecule has 0 saturated carbocycles. The number of benzene rings is 2. The van der Waals surface area contributed by atoms with Crippen molar-refractivity contribution < 1.29 is 31.1 Å². The molecule has 1 fully saturated rings. The predicted octanol–water partition coefficient (Wildman–Crippen LogP) is 3.71. The molecule has 1 amide bonds. The lowest BCUT2D eigenvalue weighted by Gasteiger charge is -2.26. The lowest BCUT2D eigenvalue weighted by Crippen LogP contribution is -2.40. The Morgan fingerprint density at radius 2 is 1.78 bits per heavy atom. The van der Waals surface area contributed by atoms with Crippen LogP contribution in [0.4, 0.5) is 13.2 Å². The van der Waals surface area contributed by atoms with Gasteiger partial charge in [0.05, 0.1) is 23.7 Å². The highest BCUT2D eigenvalue weighted by Crippen LogP contribution is 2.32. The van der Waals surface area contributed by atoms with E-state index in [1.54, 1.807) is 12.1 Å². The first-order valence-corrected chi connectivity index (χ1v) is 11.4. The van der Waals surface area contributed by atoms with Gasteiger partial charge in [-0.05, 0) is 47.5 Å². The Balaban J connectivity index is 1.59. The van der Waals surface area contributed by atoms with Crippen LogP contribution in [0.1, 0.15) is 16.7 Å². The van der Waals surface area contributed by atoms with Crippen LogP contribution >= 0.6 is 11.6 Å². The normalized spacial score (nSPS) is 15.8. The van der Waals surface area contributed by atoms with E-state index in [1.165, 1.54) is 22.5 Å². The maximum atomic E-state index is 12.8. The molecule has 6 nitrogen and oxygen atoms in total. The van der Waals surface area contributed by atoms with Gasteiger partial charge in [-0.2, -0.15) is 17.5 Å². The number of halogens is 4. The SMILES string of the molecule is O=C(/C=C/c1cc(C(F)(F)F)ccc1Cl)NCc1ccc(S(=O)(=O)N2CCOCC2)cc1. The summed E-state index contributed by atoms with van der Waals surface area (Å²) in [5.74, 6) is -0.538. The first kappa shape index (κ1) is 24.2. The summed E-state index contributed by atoms with van der Waals surface area (Å²) in [6.07, 6.45) is -2.24. The van der Waals surface area contributed by atoms with Gasteiger partial charge in [0, 0.05) is 30.7 Å². The topological polar surface area (TPSA) is 75.7 Å². The Kier molecular flexibility index (Phi) is 7.60. The summed E-state index contributed by atoms with van der Waals surface area (Å²) in [6.45, 7) is 1.40. The lowest BCUT2D eigenvalue weighted by molar-refractivity contribution is -0.137. The van der Waals surface area contributed by atoms with Crippen molar-refractivity contribution >= 4 is 33.6 Å². The van der Waals surface area contributed by atoms with Crippen LogP contribution in [0, 0.1) is 0 Å². The molecule has 1 saturated heterocycles. The number of carbonyl (C=O) groups excluding carboxylic acids is 1. The monoisotopic (exact) mass is 488 g/mol. The average Bonchev–Trinajstić information content (AvgIpc) is 2.77. The summed E-state index contributed by atoms with van der Waals surface area (Å²) in [6, 6.07) is 8.94. The Morgan fingerprint density at radius 1 is 1.12 bits per heavy atom. The summed E-state index contributed by atoms with van der Waals surface area (Å²) in [4.78, 5) is 12.2. The standard InChI is InChI=1S/C21H20ClF3N2O4S/c22-19-7-4-17(21(23,24)25)13-16(19)3-8-20(28)26-14-15-1-5-18(6-2-15)32(29,30)27-9-11-31-12-10-27/h1-8,13H,9-12,14H2,(H,26,28)/b8-3+. The third-order valence-corrected chi connectivity index (χ3v) is 6.99. The molecule has 32 heavy (non-hydrogen) atoms. The Morgan fingerprint density at radius 3 is 2.41 bits per heavy atom. The Hall–Kier alpha value is -2.40. The number of carbonyl (C=O) groups is 1. The number of sulfonamides is 1. The molecule has 2 aromatic rings. The number of hydrogen-bond donors (Lipinski definition) is 1. The van der Waals surface area contributed by atoms with Crippen molar-refractivity contribution in [2.24, 2.45) is 0 Å². The fourth-order valence-corrected chi connectivity index (χ4v) is 4.57. The largest absolute Gasteiger partial charge is 0.416 e. The lowest BCUT2D eigenvalue weighted by atomic mass is 10.1. The summed E-state index contributed by atoms with van der Waals surface area (Å²) in [5, 5.41) is 2.67. The summed E-state index contributed by atoms with van der Waals surface area (Å²) >= 11 is 5.90. The minimum absolute atomic E-state index is 0.0642. The van der Waals surface area contributed by atoms with Crippen LogP contribution in [-0.2, 0) is 32.3 Å². The molecule has 3 rings (SSSR count). The van der Waals surface area contributed by atoms with Gasteiger partial charge in [0.15, 0.2) is 0 Å². The van der Waals surface area contributed by atoms with Gasteiger partial charge in [-0.3, -0.25) is 4.79 Å². The summed E-state index contributed by atoms with van der Waals surface area (Å²) in [7, 11) is -3.61. The van der Waals surface area contributed by atoms with Gasteiger partial charge in [-0.15, -0.1) is 0 Å². The zero-order valence-electron chi connectivity index (χ0n) is 16.7. The second-order valence-electron chi connectivity index (χ2n) is 6.95. The van der Waals surface area contributed by atoms with Gasteiger partial charge in [0.25, 0.3) is 0 Å². The van der Waals surface area contributed by atoms with E-state index in [-0.39, 0.29) is 22.0 Å². The Labute approximate surface area is 188 Å². The zero-order valence-corrected chi connectivity index (χ0v) is 18.3. The number of amides is 1. The number of nitrogens with one attached hydrogen (secondary N) is 1. The molecule has 11 heteroatoms. The van der Waals surface area contributed by atoms with E-state index < -0.39 is 27.7 Å². The molecular formula is C21H20ClF3N2O4S. The fraction of sp³-hybridized carbons (Fsp3) is 0.286. The molecule has 0 radical (unpaired) electrons. The number of alkyl halides is 3. The highest BCUT2D eigenvalue weighted by atomic mass is 35.5. The number of ether oxygens (including phenoxy) is 1. The molecule has 1 heterocycles. The maximum Gasteiger partial charge on any atom is 0.416 e. The van der Waals surface area contributed by atoms with Crippen LogP contribution in [0.25, 0.3) is 6.08 Å². The summed E-state index contributed by atoms with van der Waals surface area (Å²) in [5.41, 5.74) is -0.145. The van der Waals surface area contributed by atoms with E-state index in [0.29, 0.717) is 31.9 Å². The van der Waals surface area contributed by atoms with Gasteiger partial charge in [0.2, 0.25) is 15.9 Å². The molecule has 0 unspecified atom stereocenters. The van der Waals surface area contributed by atoms with Crippen molar-refractivity contribution in [1.82, 2.24) is 9.62 Å². The van der Waals surface area contributed by atoms with Gasteiger partial charge < -0.3 is 10.1 Å². The zero-order chi connectivity index (χ0) is 23.4. The Bertz CT molecular complexity index is 1100. The molecule has 2 aromatic carbocycles. The minimum atomic E-state index is -4.52. The molecular weight excluding hydrogens is 469 g/mol. The smallest absolute Gasteiger partial charge is 0.379 e. The average molecular weight is 489 g/mol. The second kappa shape index (κ2) is 10.0. The van der Waals surface area contributed by atoms with E-state index in [4.69, 9.17) is 16.3 Å². The van der Waals surface area contributed by atoms with Crippen molar-refractivity contribution in [1.29, 1.82) is 0 Å². The molecule has 0 spiro atoms. The van der Waals surface area contributed by atoms with E-state index >= 15 is 0 Å². The predicted molar refractivity (Wildman–Crippen MR) is 113 cm³/mol. The van der Waals surface area contributed by atoms with E-state index in [2.05, 4.69) is 5.32 Å². The molecule has 1 aliphatic heterocycles. The number of rotatable bonds is 6. The molecule has 1 aliphatic rings. The second-order valence-corrected chi connectivity index (χ2v) is 9.29. The van der Waals surface area contributed by atoms with Crippen molar-refractivity contribution in [3.8, 4) is 0 Å². The van der Waals surface area contributed by atoms with E-state index in [1.807, 2.05) is 0 Å². The molecule has 0 atom stereocenters. The number of morpholine rings is 1. The van der Waals surface area contributed by atoms with E-state index in [9.17, 15) is 26.4 Å². The van der Waals surface area contributed by atoms with Crippen LogP contribution in [0.2, 0.25) is 5.02 Å². The van der Waals surface area contributed by atoms with Crippen molar-refractivity contribution in [2.45, 2.75) is 17.6 Å². The van der Waals surface area contributed by atoms with Crippen LogP contribution in [0.3, 0.4) is 0 Å². The van der Waals surface area contributed by atoms with Crippen LogP contribution < -0.4 is 5.32 Å². The third kappa shape index (κ3) is 6.10. The van der Waals surface area contributed by atoms with Crippen molar-refractivity contribution in [2.75, 3.05) is 26.3 Å². The highest BCUT2D eigenvalue weighted by molar-refractivity contribution is 7.89. The molecule has 0 aromatic heterocycles. The van der Waals surface area contributed by atoms with Crippen molar-refractivity contribution in [3.05, 3.63) is 70.3 Å². The molecule has 172 valence electrons. The quantitative estimate of drug-likeness (QED) is 0.629. The van der Waals surface area contributed by atoms with E-state index in [0.717, 1.165) is 24.3 Å². The number of hydrogen-bond acceptors (Lipinski definition) is 4. The first-order chi connectivity index (χ1) is 15.1. The van der Waals surface area contributed by atoms with Gasteiger partial charge >= 0.3 is 6.18 Å². The molecule has 1 N–H and O–H groups in total. The van der Waals surface area contributed by atoms with Crippen LogP contribution in [0.15, 0.2) is 53.4 Å². The first-order valence-electron chi connectivity index (χ1n) is 9.57. The van der Waals surface area contributed by atoms with Crippen LogP contribution in [0.5, 0.6) is 0 Å². The van der Waals surface area contributed by atoms with Crippen molar-refractivity contribution in [3.63, 3.8) is 0 Å². The molecule has 0 aliphatic carbocycles. The maximum absolute atomic E-state index is 12.8. The van der Waals surface area contributed by atoms with Gasteiger partial charge in [0.1, 0.15) is 0 Å². The van der Waals surface area contributed by atoms with Gasteiger partial charge in [-0.25, -0.2) is 8.42 Å². The third-order valence-electron chi connectivity index (χ3n) is 4.74. The number of nitrogens with zero attached hydrogens (tertiary/aromatic N) is 1. The fourth-order valence-electron chi connectivity index (χ4n) is 2.98. The van der Waals surface area contributed by atoms with Crippen LogP contribution in [-0.4, -0.2) is 44.9 Å². The minimum Gasteiger partial charge on any atom is -0.379 e. The summed E-state index contributed by atoms with van der Waals surface area (Å²) < 4.78 is 70.2. The van der Waals surface area contributed by atoms with Gasteiger partial charge in [-0.1, -0.05) is 23.7 Å².